The first-order chi connectivity index (χ1) is 6.65. The van der Waals surface area contributed by atoms with Crippen molar-refractivity contribution in [3.05, 3.63) is 23.6 Å². The van der Waals surface area contributed by atoms with E-state index in [0.717, 1.165) is 0 Å². The number of alkyl halides is 1. The Balaban J connectivity index is 2.47. The number of halogens is 1. The summed E-state index contributed by atoms with van der Waals surface area (Å²) in [5.74, 6) is -0.888. The molecule has 14 heavy (non-hydrogen) atoms. The lowest BCUT2D eigenvalue weighted by molar-refractivity contribution is -0.136. The summed E-state index contributed by atoms with van der Waals surface area (Å²) in [7, 11) is 1.51. The highest BCUT2D eigenvalue weighted by Crippen LogP contribution is 2.33. The fourth-order valence-corrected chi connectivity index (χ4v) is 2.27. The van der Waals surface area contributed by atoms with Crippen molar-refractivity contribution in [2.45, 2.75) is 4.83 Å². The summed E-state index contributed by atoms with van der Waals surface area (Å²) in [5, 5.41) is 2.52. The number of fused-ring (bicyclic) bond motifs is 1. The first-order valence-corrected chi connectivity index (χ1v) is 5.02. The highest BCUT2D eigenvalue weighted by molar-refractivity contribution is 9.09. The molecule has 74 valence electrons. The van der Waals surface area contributed by atoms with Gasteiger partial charge in [0.25, 0.3) is 5.91 Å². The monoisotopic (exact) mass is 257 g/mol. The van der Waals surface area contributed by atoms with E-state index in [1.165, 1.54) is 7.11 Å². The number of ketones is 1. The molecular weight excluding hydrogens is 250 g/mol. The van der Waals surface area contributed by atoms with E-state index in [-0.39, 0.29) is 4.83 Å². The second-order valence-corrected chi connectivity index (χ2v) is 4.14. The Kier molecular flexibility index (Phi) is 2.19. The Morgan fingerprint density at radius 3 is 2.86 bits per heavy atom. The molecular formula is C9H8BrNO3. The summed E-state index contributed by atoms with van der Waals surface area (Å²) in [6, 6.07) is 0. The minimum absolute atomic E-state index is 0.136. The minimum atomic E-state index is -0.562. The van der Waals surface area contributed by atoms with Crippen LogP contribution >= 0.6 is 15.9 Å². The van der Waals surface area contributed by atoms with Crippen LogP contribution in [-0.4, -0.2) is 23.6 Å². The lowest BCUT2D eigenvalue weighted by atomic mass is 9.95. The summed E-state index contributed by atoms with van der Waals surface area (Å²) in [6.07, 6.45) is 3.54. The first kappa shape index (κ1) is 9.45. The molecule has 2 rings (SSSR count). The zero-order chi connectivity index (χ0) is 10.3. The third kappa shape index (κ3) is 1.19. The van der Waals surface area contributed by atoms with Gasteiger partial charge in [0, 0.05) is 4.83 Å². The van der Waals surface area contributed by atoms with Crippen molar-refractivity contribution >= 4 is 27.6 Å². The molecule has 0 radical (unpaired) electrons. The van der Waals surface area contributed by atoms with Gasteiger partial charge in [0.05, 0.1) is 18.7 Å². The number of ether oxygens (including phenoxy) is 1. The van der Waals surface area contributed by atoms with Gasteiger partial charge >= 0.3 is 0 Å². The number of methoxy groups -OCH3 is 1. The molecule has 5 heteroatoms. The van der Waals surface area contributed by atoms with Gasteiger partial charge in [0.2, 0.25) is 5.78 Å². The minimum Gasteiger partial charge on any atom is -0.495 e. The number of amides is 1. The number of carbonyl (C=O) groups excluding carboxylic acids is 2. The number of hydrogen-bond acceptors (Lipinski definition) is 3. The van der Waals surface area contributed by atoms with Crippen LogP contribution in [0.25, 0.3) is 0 Å². The Labute approximate surface area is 89.1 Å². The Bertz CT molecular complexity index is 372. The Morgan fingerprint density at radius 1 is 1.50 bits per heavy atom. The number of hydrogen-bond donors (Lipinski definition) is 1. The number of allylic oxidation sites excluding steroid dienone is 3. The summed E-state index contributed by atoms with van der Waals surface area (Å²) >= 11 is 3.33. The maximum Gasteiger partial charge on any atom is 0.292 e. The quantitative estimate of drug-likeness (QED) is 0.550. The molecule has 1 amide bonds. The second kappa shape index (κ2) is 3.24. The van der Waals surface area contributed by atoms with Crippen LogP contribution in [0.4, 0.5) is 0 Å². The molecule has 0 bridgehead atoms. The van der Waals surface area contributed by atoms with E-state index in [2.05, 4.69) is 21.2 Å². The number of Topliss-reactive ketones (excluding diaryl/α,β-unsaturated/α-hetero) is 1. The highest BCUT2D eigenvalue weighted by atomic mass is 79.9. The smallest absolute Gasteiger partial charge is 0.292 e. The molecule has 2 unspecified atom stereocenters. The van der Waals surface area contributed by atoms with Gasteiger partial charge in [-0.1, -0.05) is 22.0 Å². The lowest BCUT2D eigenvalue weighted by Gasteiger charge is -2.19. The van der Waals surface area contributed by atoms with Crippen LogP contribution in [-0.2, 0) is 14.3 Å². The predicted molar refractivity (Wildman–Crippen MR) is 52.5 cm³/mol. The van der Waals surface area contributed by atoms with Crippen LogP contribution < -0.4 is 5.32 Å². The van der Waals surface area contributed by atoms with Gasteiger partial charge in [-0.2, -0.15) is 0 Å². The van der Waals surface area contributed by atoms with Gasteiger partial charge in [-0.15, -0.1) is 0 Å². The SMILES string of the molecule is COC1=C2NC(=O)C(=O)C2C(Br)C=C1. The topological polar surface area (TPSA) is 55.4 Å². The third-order valence-corrected chi connectivity index (χ3v) is 3.13. The fraction of sp³-hybridized carbons (Fsp3) is 0.333. The largest absolute Gasteiger partial charge is 0.495 e. The van der Waals surface area contributed by atoms with Gasteiger partial charge < -0.3 is 10.1 Å². The van der Waals surface area contributed by atoms with Gasteiger partial charge in [0.15, 0.2) is 0 Å². The molecule has 0 spiro atoms. The molecule has 0 aromatic rings. The van der Waals surface area contributed by atoms with Gasteiger partial charge in [0.1, 0.15) is 5.76 Å². The van der Waals surface area contributed by atoms with Crippen LogP contribution in [0.5, 0.6) is 0 Å². The van der Waals surface area contributed by atoms with Crippen molar-refractivity contribution in [1.82, 2.24) is 5.32 Å². The van der Waals surface area contributed by atoms with Crippen molar-refractivity contribution in [1.29, 1.82) is 0 Å². The van der Waals surface area contributed by atoms with Crippen LogP contribution in [0.1, 0.15) is 0 Å². The summed E-state index contributed by atoms with van der Waals surface area (Å²) < 4.78 is 5.06. The highest BCUT2D eigenvalue weighted by Gasteiger charge is 2.43. The molecule has 1 aliphatic carbocycles. The summed E-state index contributed by atoms with van der Waals surface area (Å²) in [6.45, 7) is 0. The maximum absolute atomic E-state index is 11.4. The Hall–Kier alpha value is -1.10. The van der Waals surface area contributed by atoms with Crippen molar-refractivity contribution in [3.63, 3.8) is 0 Å². The summed E-state index contributed by atoms with van der Waals surface area (Å²) in [4.78, 5) is 22.5. The molecule has 1 saturated heterocycles. The molecule has 1 aliphatic heterocycles. The van der Waals surface area contributed by atoms with E-state index in [9.17, 15) is 9.59 Å². The van der Waals surface area contributed by atoms with E-state index in [0.29, 0.717) is 11.5 Å². The molecule has 0 aromatic carbocycles. The van der Waals surface area contributed by atoms with E-state index in [4.69, 9.17) is 4.74 Å². The van der Waals surface area contributed by atoms with E-state index in [1.807, 2.05) is 0 Å². The average Bonchev–Trinajstić information content (AvgIpc) is 2.45. The van der Waals surface area contributed by atoms with Gasteiger partial charge in [-0.3, -0.25) is 9.59 Å². The number of rotatable bonds is 1. The van der Waals surface area contributed by atoms with Crippen molar-refractivity contribution in [2.75, 3.05) is 7.11 Å². The molecule has 2 atom stereocenters. The second-order valence-electron chi connectivity index (χ2n) is 3.08. The van der Waals surface area contributed by atoms with E-state index >= 15 is 0 Å². The van der Waals surface area contributed by atoms with Gasteiger partial charge in [-0.05, 0) is 6.08 Å². The van der Waals surface area contributed by atoms with Crippen LogP contribution in [0.15, 0.2) is 23.6 Å². The molecule has 1 heterocycles. The summed E-state index contributed by atoms with van der Waals surface area (Å²) in [5.41, 5.74) is 0.562. The zero-order valence-corrected chi connectivity index (χ0v) is 9.00. The lowest BCUT2D eigenvalue weighted by Crippen LogP contribution is -2.24. The van der Waals surface area contributed by atoms with Crippen LogP contribution in [0.2, 0.25) is 0 Å². The number of carbonyl (C=O) groups is 2. The Morgan fingerprint density at radius 2 is 2.21 bits per heavy atom. The zero-order valence-electron chi connectivity index (χ0n) is 7.41. The molecule has 0 aromatic heterocycles. The van der Waals surface area contributed by atoms with E-state index < -0.39 is 17.6 Å². The molecule has 1 fully saturated rings. The normalized spacial score (nSPS) is 30.4. The molecule has 2 aliphatic rings. The van der Waals surface area contributed by atoms with Crippen LogP contribution in [0, 0.1) is 5.92 Å². The van der Waals surface area contributed by atoms with Crippen molar-refractivity contribution < 1.29 is 14.3 Å². The third-order valence-electron chi connectivity index (χ3n) is 2.30. The van der Waals surface area contributed by atoms with E-state index in [1.54, 1.807) is 12.2 Å². The fourth-order valence-electron chi connectivity index (χ4n) is 1.61. The molecule has 1 N–H and O–H groups in total. The van der Waals surface area contributed by atoms with Crippen LogP contribution in [0.3, 0.4) is 0 Å². The first-order valence-electron chi connectivity index (χ1n) is 4.10. The maximum atomic E-state index is 11.4. The molecule has 0 saturated carbocycles. The average molecular weight is 258 g/mol. The predicted octanol–water partition coefficient (Wildman–Crippen LogP) is 0.493. The standard InChI is InChI=1S/C9H8BrNO3/c1-14-5-3-2-4(10)6-7(5)11-9(13)8(6)12/h2-4,6H,1H3,(H,11,13). The van der Waals surface area contributed by atoms with Gasteiger partial charge in [-0.25, -0.2) is 0 Å². The molecule has 4 nitrogen and oxygen atoms in total. The number of nitrogens with one attached hydrogen (secondary N) is 1. The van der Waals surface area contributed by atoms with Crippen molar-refractivity contribution in [3.8, 4) is 0 Å². The van der Waals surface area contributed by atoms with Crippen molar-refractivity contribution in [2.24, 2.45) is 5.92 Å².